The van der Waals surface area contributed by atoms with Gasteiger partial charge in [-0.25, -0.2) is 4.79 Å². The van der Waals surface area contributed by atoms with Crippen molar-refractivity contribution in [1.29, 1.82) is 0 Å². The summed E-state index contributed by atoms with van der Waals surface area (Å²) < 4.78 is 2.00. The van der Waals surface area contributed by atoms with Crippen LogP contribution in [0, 0.1) is 19.8 Å². The largest absolute Gasteiger partial charge is 0.338 e. The predicted molar refractivity (Wildman–Crippen MR) is 90.3 cm³/mol. The molecule has 0 fully saturated rings. The molecule has 0 saturated carbocycles. The van der Waals surface area contributed by atoms with Gasteiger partial charge in [0.15, 0.2) is 0 Å². The van der Waals surface area contributed by atoms with Crippen molar-refractivity contribution in [2.75, 3.05) is 13.1 Å². The SMILES string of the molecule is Cc1cc(C)n(C[C@@H](C)CNC(=O)NCCc2cccs2)n1. The summed E-state index contributed by atoms with van der Waals surface area (Å²) in [5.74, 6) is 0.334. The van der Waals surface area contributed by atoms with E-state index in [9.17, 15) is 4.79 Å². The zero-order valence-corrected chi connectivity index (χ0v) is 14.2. The van der Waals surface area contributed by atoms with E-state index >= 15 is 0 Å². The molecule has 0 aliphatic rings. The van der Waals surface area contributed by atoms with Crippen LogP contribution < -0.4 is 10.6 Å². The Morgan fingerprint density at radius 2 is 2.23 bits per heavy atom. The smallest absolute Gasteiger partial charge is 0.314 e. The fraction of sp³-hybridized carbons (Fsp3) is 0.500. The predicted octanol–water partition coefficient (Wildman–Crippen LogP) is 2.74. The summed E-state index contributed by atoms with van der Waals surface area (Å²) in [6, 6.07) is 6.08. The summed E-state index contributed by atoms with van der Waals surface area (Å²) in [6.45, 7) is 8.28. The first-order valence-electron chi connectivity index (χ1n) is 7.59. The molecule has 0 saturated heterocycles. The van der Waals surface area contributed by atoms with Crippen LogP contribution in [-0.4, -0.2) is 28.9 Å². The second-order valence-corrected chi connectivity index (χ2v) is 6.71. The average Bonchev–Trinajstić information content (AvgIpc) is 3.07. The van der Waals surface area contributed by atoms with Gasteiger partial charge in [0.25, 0.3) is 0 Å². The molecule has 2 amide bonds. The Morgan fingerprint density at radius 1 is 1.41 bits per heavy atom. The Kier molecular flexibility index (Phi) is 6.00. The molecule has 2 rings (SSSR count). The normalized spacial score (nSPS) is 12.1. The van der Waals surface area contributed by atoms with Gasteiger partial charge in [-0.3, -0.25) is 4.68 Å². The van der Waals surface area contributed by atoms with E-state index in [0.29, 0.717) is 19.0 Å². The highest BCUT2D eigenvalue weighted by molar-refractivity contribution is 7.09. The van der Waals surface area contributed by atoms with Crippen LogP contribution in [0.5, 0.6) is 0 Å². The summed E-state index contributed by atoms with van der Waals surface area (Å²) in [5.41, 5.74) is 2.19. The molecule has 2 aromatic heterocycles. The van der Waals surface area contributed by atoms with Gasteiger partial charge in [-0.15, -0.1) is 11.3 Å². The van der Waals surface area contributed by atoms with Crippen molar-refractivity contribution in [1.82, 2.24) is 20.4 Å². The third kappa shape index (κ3) is 5.18. The number of aryl methyl sites for hydroxylation is 2. The molecule has 0 bridgehead atoms. The zero-order valence-electron chi connectivity index (χ0n) is 13.4. The number of urea groups is 1. The van der Waals surface area contributed by atoms with Crippen molar-refractivity contribution in [3.63, 3.8) is 0 Å². The van der Waals surface area contributed by atoms with E-state index in [0.717, 1.165) is 24.4 Å². The number of hydrogen-bond donors (Lipinski definition) is 2. The summed E-state index contributed by atoms with van der Waals surface area (Å²) >= 11 is 1.72. The number of aromatic nitrogens is 2. The number of carbonyl (C=O) groups excluding carboxylic acids is 1. The minimum atomic E-state index is -0.100. The van der Waals surface area contributed by atoms with Crippen LogP contribution in [0.3, 0.4) is 0 Å². The van der Waals surface area contributed by atoms with E-state index in [1.807, 2.05) is 17.7 Å². The van der Waals surface area contributed by atoms with Crippen molar-refractivity contribution in [2.24, 2.45) is 5.92 Å². The first-order valence-corrected chi connectivity index (χ1v) is 8.47. The lowest BCUT2D eigenvalue weighted by Gasteiger charge is -2.14. The van der Waals surface area contributed by atoms with Gasteiger partial charge in [-0.05, 0) is 43.7 Å². The Balaban J connectivity index is 1.64. The molecule has 1 atom stereocenters. The third-order valence-electron chi connectivity index (χ3n) is 3.44. The first kappa shape index (κ1) is 16.5. The fourth-order valence-electron chi connectivity index (χ4n) is 2.30. The van der Waals surface area contributed by atoms with Crippen molar-refractivity contribution < 1.29 is 4.79 Å². The van der Waals surface area contributed by atoms with E-state index in [2.05, 4.69) is 47.1 Å². The quantitative estimate of drug-likeness (QED) is 0.824. The van der Waals surface area contributed by atoms with E-state index in [-0.39, 0.29) is 6.03 Å². The minimum Gasteiger partial charge on any atom is -0.338 e. The Labute approximate surface area is 135 Å². The van der Waals surface area contributed by atoms with Gasteiger partial charge >= 0.3 is 6.03 Å². The minimum absolute atomic E-state index is 0.100. The maximum absolute atomic E-state index is 11.8. The molecule has 6 heteroatoms. The summed E-state index contributed by atoms with van der Waals surface area (Å²) in [4.78, 5) is 13.0. The van der Waals surface area contributed by atoms with Crippen LogP contribution in [0.15, 0.2) is 23.6 Å². The monoisotopic (exact) mass is 320 g/mol. The summed E-state index contributed by atoms with van der Waals surface area (Å²) in [6.07, 6.45) is 0.881. The molecule has 0 aliphatic heterocycles. The van der Waals surface area contributed by atoms with Gasteiger partial charge < -0.3 is 10.6 Å². The lowest BCUT2D eigenvalue weighted by Crippen LogP contribution is -2.39. The van der Waals surface area contributed by atoms with Crippen LogP contribution in [0.25, 0.3) is 0 Å². The lowest BCUT2D eigenvalue weighted by molar-refractivity contribution is 0.238. The molecule has 120 valence electrons. The molecule has 2 heterocycles. The highest BCUT2D eigenvalue weighted by Crippen LogP contribution is 2.08. The number of thiophene rings is 1. The van der Waals surface area contributed by atoms with E-state index in [1.165, 1.54) is 4.88 Å². The van der Waals surface area contributed by atoms with Crippen LogP contribution in [0.2, 0.25) is 0 Å². The molecular weight excluding hydrogens is 296 g/mol. The van der Waals surface area contributed by atoms with Crippen molar-refractivity contribution in [3.8, 4) is 0 Å². The van der Waals surface area contributed by atoms with Gasteiger partial charge in [0, 0.05) is 30.2 Å². The van der Waals surface area contributed by atoms with Crippen molar-refractivity contribution in [2.45, 2.75) is 33.7 Å². The summed E-state index contributed by atoms with van der Waals surface area (Å²) in [5, 5.41) is 12.3. The second-order valence-electron chi connectivity index (χ2n) is 5.68. The van der Waals surface area contributed by atoms with Gasteiger partial charge in [0.1, 0.15) is 0 Å². The number of hydrogen-bond acceptors (Lipinski definition) is 3. The van der Waals surface area contributed by atoms with Crippen LogP contribution in [0.4, 0.5) is 4.79 Å². The Hall–Kier alpha value is -1.82. The number of rotatable bonds is 7. The zero-order chi connectivity index (χ0) is 15.9. The number of nitrogens with zero attached hydrogens (tertiary/aromatic N) is 2. The van der Waals surface area contributed by atoms with Crippen molar-refractivity contribution in [3.05, 3.63) is 39.8 Å². The van der Waals surface area contributed by atoms with E-state index in [4.69, 9.17) is 0 Å². The molecule has 2 aromatic rings. The topological polar surface area (TPSA) is 59.0 Å². The molecule has 0 aromatic carbocycles. The number of carbonyl (C=O) groups is 1. The number of amides is 2. The average molecular weight is 320 g/mol. The van der Waals surface area contributed by atoms with Crippen LogP contribution in [0.1, 0.15) is 23.2 Å². The van der Waals surface area contributed by atoms with E-state index in [1.54, 1.807) is 11.3 Å². The van der Waals surface area contributed by atoms with Crippen molar-refractivity contribution >= 4 is 17.4 Å². The highest BCUT2D eigenvalue weighted by atomic mass is 32.1. The van der Waals surface area contributed by atoms with Gasteiger partial charge in [0.05, 0.1) is 5.69 Å². The second kappa shape index (κ2) is 7.98. The molecule has 0 aliphatic carbocycles. The Morgan fingerprint density at radius 3 is 2.86 bits per heavy atom. The standard InChI is InChI=1S/C16H24N4OS/c1-12(11-20-14(3)9-13(2)19-20)10-18-16(21)17-7-6-15-5-4-8-22-15/h4-5,8-9,12H,6-7,10-11H2,1-3H3,(H2,17,18,21)/t12-/m0/s1. The molecule has 22 heavy (non-hydrogen) atoms. The highest BCUT2D eigenvalue weighted by Gasteiger charge is 2.08. The maximum Gasteiger partial charge on any atom is 0.314 e. The van der Waals surface area contributed by atoms with Crippen LogP contribution >= 0.6 is 11.3 Å². The van der Waals surface area contributed by atoms with Gasteiger partial charge in [-0.1, -0.05) is 13.0 Å². The maximum atomic E-state index is 11.8. The molecule has 0 unspecified atom stereocenters. The molecule has 0 spiro atoms. The fourth-order valence-corrected chi connectivity index (χ4v) is 3.01. The molecule has 5 nitrogen and oxygen atoms in total. The summed E-state index contributed by atoms with van der Waals surface area (Å²) in [7, 11) is 0. The Bertz CT molecular complexity index is 591. The first-order chi connectivity index (χ1) is 10.5. The van der Waals surface area contributed by atoms with Gasteiger partial charge in [-0.2, -0.15) is 5.10 Å². The molecular formula is C16H24N4OS. The molecule has 0 radical (unpaired) electrons. The van der Waals surface area contributed by atoms with Crippen LogP contribution in [-0.2, 0) is 13.0 Å². The lowest BCUT2D eigenvalue weighted by atomic mass is 10.2. The number of nitrogens with one attached hydrogen (secondary N) is 2. The van der Waals surface area contributed by atoms with E-state index < -0.39 is 0 Å². The molecule has 2 N–H and O–H groups in total. The third-order valence-corrected chi connectivity index (χ3v) is 4.37. The van der Waals surface area contributed by atoms with Gasteiger partial charge in [0.2, 0.25) is 0 Å².